The fourth-order valence-corrected chi connectivity index (χ4v) is 2.11. The van der Waals surface area contributed by atoms with E-state index >= 15 is 0 Å². The van der Waals surface area contributed by atoms with E-state index in [1.165, 1.54) is 25.7 Å². The van der Waals surface area contributed by atoms with Gasteiger partial charge in [0.15, 0.2) is 0 Å². The summed E-state index contributed by atoms with van der Waals surface area (Å²) in [6.45, 7) is 3.08. The van der Waals surface area contributed by atoms with Crippen LogP contribution < -0.4 is 5.32 Å². The first kappa shape index (κ1) is 13.0. The molecule has 1 fully saturated rings. The summed E-state index contributed by atoms with van der Waals surface area (Å²) >= 11 is 3.46. The molecule has 0 aromatic carbocycles. The lowest BCUT2D eigenvalue weighted by Crippen LogP contribution is -2.28. The van der Waals surface area contributed by atoms with Gasteiger partial charge in [-0.25, -0.2) is 0 Å². The van der Waals surface area contributed by atoms with Gasteiger partial charge in [-0.05, 0) is 37.5 Å². The van der Waals surface area contributed by atoms with Gasteiger partial charge >= 0.3 is 0 Å². The molecule has 1 amide bonds. The minimum atomic E-state index is 0.256. The predicted molar refractivity (Wildman–Crippen MR) is 67.2 cm³/mol. The molecule has 1 saturated carbocycles. The number of rotatable bonds is 7. The van der Waals surface area contributed by atoms with Crippen molar-refractivity contribution < 1.29 is 4.79 Å². The van der Waals surface area contributed by atoms with Crippen LogP contribution in [0.3, 0.4) is 0 Å². The number of hydrogen-bond acceptors (Lipinski definition) is 1. The molecule has 88 valence electrons. The van der Waals surface area contributed by atoms with Gasteiger partial charge in [0.25, 0.3) is 0 Å². The standard InChI is InChI=1S/C12H22BrNO/c1-10(9-13)4-3-7-14-12(15)8-11-5-2-6-11/h10-11H,2-9H2,1H3,(H,14,15). The summed E-state index contributed by atoms with van der Waals surface area (Å²) in [5.41, 5.74) is 0. The summed E-state index contributed by atoms with van der Waals surface area (Å²) in [5, 5.41) is 4.07. The summed E-state index contributed by atoms with van der Waals surface area (Å²) in [5.74, 6) is 1.66. The molecule has 0 radical (unpaired) electrons. The third-order valence-corrected chi connectivity index (χ3v) is 4.26. The number of carbonyl (C=O) groups excluding carboxylic acids is 1. The van der Waals surface area contributed by atoms with Crippen molar-refractivity contribution in [1.29, 1.82) is 0 Å². The second kappa shape index (κ2) is 7.26. The Morgan fingerprint density at radius 2 is 2.27 bits per heavy atom. The molecule has 0 aromatic heterocycles. The molecule has 3 heteroatoms. The largest absolute Gasteiger partial charge is 0.356 e. The van der Waals surface area contributed by atoms with Crippen molar-refractivity contribution in [2.45, 2.75) is 45.4 Å². The van der Waals surface area contributed by atoms with Gasteiger partial charge in [0, 0.05) is 18.3 Å². The van der Waals surface area contributed by atoms with Crippen molar-refractivity contribution in [3.8, 4) is 0 Å². The van der Waals surface area contributed by atoms with Gasteiger partial charge < -0.3 is 5.32 Å². The van der Waals surface area contributed by atoms with Crippen molar-refractivity contribution in [1.82, 2.24) is 5.32 Å². The zero-order valence-electron chi connectivity index (χ0n) is 9.60. The lowest BCUT2D eigenvalue weighted by molar-refractivity contribution is -0.122. The molecular formula is C12H22BrNO. The normalized spacial score (nSPS) is 18.3. The molecule has 2 nitrogen and oxygen atoms in total. The van der Waals surface area contributed by atoms with E-state index in [-0.39, 0.29) is 5.91 Å². The van der Waals surface area contributed by atoms with Crippen LogP contribution in [0.4, 0.5) is 0 Å². The van der Waals surface area contributed by atoms with Gasteiger partial charge in [-0.15, -0.1) is 0 Å². The third kappa shape index (κ3) is 5.55. The Balaban J connectivity index is 1.92. The molecule has 0 aromatic rings. The maximum Gasteiger partial charge on any atom is 0.220 e. The Hall–Kier alpha value is -0.0500. The van der Waals surface area contributed by atoms with Crippen molar-refractivity contribution in [2.75, 3.05) is 11.9 Å². The number of alkyl halides is 1. The molecule has 0 aliphatic heterocycles. The van der Waals surface area contributed by atoms with Crippen LogP contribution in [-0.4, -0.2) is 17.8 Å². The van der Waals surface area contributed by atoms with Crippen molar-refractivity contribution in [3.05, 3.63) is 0 Å². The molecule has 1 unspecified atom stereocenters. The highest BCUT2D eigenvalue weighted by atomic mass is 79.9. The number of amides is 1. The van der Waals surface area contributed by atoms with Crippen LogP contribution in [-0.2, 0) is 4.79 Å². The molecule has 0 saturated heterocycles. The summed E-state index contributed by atoms with van der Waals surface area (Å²) in [7, 11) is 0. The monoisotopic (exact) mass is 275 g/mol. The molecule has 1 rings (SSSR count). The molecule has 1 N–H and O–H groups in total. The SMILES string of the molecule is CC(CBr)CCCNC(=O)CC1CCC1. The summed E-state index contributed by atoms with van der Waals surface area (Å²) in [6.07, 6.45) is 6.88. The van der Waals surface area contributed by atoms with E-state index in [1.54, 1.807) is 0 Å². The van der Waals surface area contributed by atoms with E-state index in [9.17, 15) is 4.79 Å². The summed E-state index contributed by atoms with van der Waals surface area (Å²) < 4.78 is 0. The predicted octanol–water partition coefficient (Wildman–Crippen LogP) is 3.10. The lowest BCUT2D eigenvalue weighted by Gasteiger charge is -2.24. The van der Waals surface area contributed by atoms with Crippen LogP contribution >= 0.6 is 15.9 Å². The van der Waals surface area contributed by atoms with Crippen LogP contribution in [0.5, 0.6) is 0 Å². The number of halogens is 1. The van der Waals surface area contributed by atoms with Crippen LogP contribution in [0.25, 0.3) is 0 Å². The highest BCUT2D eigenvalue weighted by Gasteiger charge is 2.20. The summed E-state index contributed by atoms with van der Waals surface area (Å²) in [4.78, 5) is 11.4. The molecule has 15 heavy (non-hydrogen) atoms. The van der Waals surface area contributed by atoms with Gasteiger partial charge in [-0.2, -0.15) is 0 Å². The Labute approximate surface area is 101 Å². The molecule has 0 heterocycles. The highest BCUT2D eigenvalue weighted by Crippen LogP contribution is 2.28. The molecule has 0 spiro atoms. The third-order valence-electron chi connectivity index (χ3n) is 3.16. The maximum atomic E-state index is 11.4. The zero-order chi connectivity index (χ0) is 11.1. The lowest BCUT2D eigenvalue weighted by atomic mass is 9.83. The highest BCUT2D eigenvalue weighted by molar-refractivity contribution is 9.09. The van der Waals surface area contributed by atoms with Gasteiger partial charge in [0.2, 0.25) is 5.91 Å². The average Bonchev–Trinajstić information content (AvgIpc) is 2.18. The van der Waals surface area contributed by atoms with Gasteiger partial charge in [-0.1, -0.05) is 29.3 Å². The Morgan fingerprint density at radius 1 is 1.53 bits per heavy atom. The Morgan fingerprint density at radius 3 is 2.80 bits per heavy atom. The quantitative estimate of drug-likeness (QED) is 0.562. The van der Waals surface area contributed by atoms with E-state index in [1.807, 2.05) is 0 Å². The minimum absolute atomic E-state index is 0.256. The molecule has 0 bridgehead atoms. The van der Waals surface area contributed by atoms with Crippen molar-refractivity contribution >= 4 is 21.8 Å². The van der Waals surface area contributed by atoms with Gasteiger partial charge in [0.05, 0.1) is 0 Å². The van der Waals surface area contributed by atoms with E-state index < -0.39 is 0 Å². The minimum Gasteiger partial charge on any atom is -0.356 e. The van der Waals surface area contributed by atoms with Crippen molar-refractivity contribution in [3.63, 3.8) is 0 Å². The molecule has 1 atom stereocenters. The maximum absolute atomic E-state index is 11.4. The van der Waals surface area contributed by atoms with Crippen LogP contribution in [0.15, 0.2) is 0 Å². The van der Waals surface area contributed by atoms with Crippen LogP contribution in [0.1, 0.15) is 45.4 Å². The first-order valence-corrected chi connectivity index (χ1v) is 7.17. The van der Waals surface area contributed by atoms with E-state index in [4.69, 9.17) is 0 Å². The van der Waals surface area contributed by atoms with Gasteiger partial charge in [0.1, 0.15) is 0 Å². The molecule has 1 aliphatic carbocycles. The van der Waals surface area contributed by atoms with Crippen LogP contribution in [0.2, 0.25) is 0 Å². The topological polar surface area (TPSA) is 29.1 Å². The average molecular weight is 276 g/mol. The van der Waals surface area contributed by atoms with E-state index in [2.05, 4.69) is 28.2 Å². The van der Waals surface area contributed by atoms with E-state index in [0.717, 1.165) is 24.7 Å². The number of carbonyl (C=O) groups is 1. The first-order chi connectivity index (χ1) is 7.22. The fourth-order valence-electron chi connectivity index (χ4n) is 1.79. The fraction of sp³-hybridized carbons (Fsp3) is 0.917. The summed E-state index contributed by atoms with van der Waals surface area (Å²) in [6, 6.07) is 0. The Kier molecular flexibility index (Phi) is 6.30. The second-order valence-electron chi connectivity index (χ2n) is 4.75. The molecule has 1 aliphatic rings. The van der Waals surface area contributed by atoms with E-state index in [0.29, 0.717) is 11.8 Å². The second-order valence-corrected chi connectivity index (χ2v) is 5.40. The van der Waals surface area contributed by atoms with Crippen molar-refractivity contribution in [2.24, 2.45) is 11.8 Å². The smallest absolute Gasteiger partial charge is 0.220 e. The Bertz CT molecular complexity index is 192. The first-order valence-electron chi connectivity index (χ1n) is 6.05. The zero-order valence-corrected chi connectivity index (χ0v) is 11.2. The van der Waals surface area contributed by atoms with Gasteiger partial charge in [-0.3, -0.25) is 4.79 Å². The van der Waals surface area contributed by atoms with Crippen LogP contribution in [0, 0.1) is 11.8 Å². The molecular weight excluding hydrogens is 254 g/mol. The number of hydrogen-bond donors (Lipinski definition) is 1. The number of nitrogens with one attached hydrogen (secondary N) is 1.